The summed E-state index contributed by atoms with van der Waals surface area (Å²) in [5.74, 6) is 0.282. The Morgan fingerprint density at radius 1 is 1.44 bits per heavy atom. The maximum Gasteiger partial charge on any atom is 0.223 e. The lowest BCUT2D eigenvalue weighted by molar-refractivity contribution is -0.238. The largest absolute Gasteiger partial charge is 0.387 e. The van der Waals surface area contributed by atoms with Crippen molar-refractivity contribution in [3.63, 3.8) is 0 Å². The van der Waals surface area contributed by atoms with Crippen molar-refractivity contribution in [3.05, 3.63) is 0 Å². The molecular formula is C14H25NO3. The van der Waals surface area contributed by atoms with Gasteiger partial charge in [0.1, 0.15) is 0 Å². The van der Waals surface area contributed by atoms with Gasteiger partial charge >= 0.3 is 0 Å². The zero-order chi connectivity index (χ0) is 13.4. The molecule has 2 fully saturated rings. The molecule has 0 aliphatic heterocycles. The van der Waals surface area contributed by atoms with Crippen LogP contribution in [0, 0.1) is 11.3 Å². The first-order chi connectivity index (χ1) is 8.40. The van der Waals surface area contributed by atoms with Gasteiger partial charge in [-0.3, -0.25) is 4.79 Å². The zero-order valence-corrected chi connectivity index (χ0v) is 11.7. The van der Waals surface area contributed by atoms with Gasteiger partial charge in [0.05, 0.1) is 11.7 Å². The quantitative estimate of drug-likeness (QED) is 0.782. The van der Waals surface area contributed by atoms with E-state index in [1.165, 1.54) is 0 Å². The van der Waals surface area contributed by atoms with Gasteiger partial charge in [0, 0.05) is 30.9 Å². The van der Waals surface area contributed by atoms with Crippen molar-refractivity contribution in [1.29, 1.82) is 0 Å². The predicted molar refractivity (Wildman–Crippen MR) is 69.1 cm³/mol. The summed E-state index contributed by atoms with van der Waals surface area (Å²) < 4.78 is 5.60. The molecule has 0 bridgehead atoms. The van der Waals surface area contributed by atoms with Crippen LogP contribution in [0.4, 0.5) is 0 Å². The molecule has 2 atom stereocenters. The fourth-order valence-corrected chi connectivity index (χ4v) is 2.81. The molecule has 18 heavy (non-hydrogen) atoms. The first kappa shape index (κ1) is 13.8. The monoisotopic (exact) mass is 255 g/mol. The van der Waals surface area contributed by atoms with Gasteiger partial charge in [0.25, 0.3) is 0 Å². The minimum atomic E-state index is -0.827. The van der Waals surface area contributed by atoms with E-state index in [2.05, 4.69) is 5.32 Å². The summed E-state index contributed by atoms with van der Waals surface area (Å²) in [6.07, 6.45) is 3.84. The number of rotatable bonds is 5. The Labute approximate surface area is 109 Å². The molecule has 0 radical (unpaired) electrons. The van der Waals surface area contributed by atoms with E-state index in [9.17, 15) is 9.90 Å². The van der Waals surface area contributed by atoms with Gasteiger partial charge in [-0.2, -0.15) is 0 Å². The minimum Gasteiger partial charge on any atom is -0.387 e. The maximum atomic E-state index is 11.8. The van der Waals surface area contributed by atoms with Crippen molar-refractivity contribution < 1.29 is 14.6 Å². The Balaban J connectivity index is 1.83. The Kier molecular flexibility index (Phi) is 3.70. The fraction of sp³-hybridized carbons (Fsp3) is 0.929. The highest BCUT2D eigenvalue weighted by atomic mass is 16.5. The third-order valence-electron chi connectivity index (χ3n) is 4.93. The molecule has 2 aliphatic rings. The van der Waals surface area contributed by atoms with Crippen molar-refractivity contribution in [3.8, 4) is 0 Å². The van der Waals surface area contributed by atoms with Gasteiger partial charge in [0.2, 0.25) is 5.91 Å². The molecule has 2 rings (SSSR count). The first-order valence-corrected chi connectivity index (χ1v) is 7.02. The standard InChI is InChI=1S/C14H25NO3/c1-4-18-11-8-14(17,13(11,2)3)9-15-12(16)10-6-5-7-10/h10-11,17H,4-9H2,1-3H3,(H,15,16)/t11-,14+/m1/s1. The Bertz CT molecular complexity index is 325. The van der Waals surface area contributed by atoms with Crippen LogP contribution in [0.25, 0.3) is 0 Å². The number of hydrogen-bond acceptors (Lipinski definition) is 3. The van der Waals surface area contributed by atoms with Gasteiger partial charge in [-0.05, 0) is 19.8 Å². The molecule has 2 saturated carbocycles. The van der Waals surface area contributed by atoms with E-state index >= 15 is 0 Å². The fourth-order valence-electron chi connectivity index (χ4n) is 2.81. The Morgan fingerprint density at radius 2 is 2.11 bits per heavy atom. The zero-order valence-electron chi connectivity index (χ0n) is 11.7. The average molecular weight is 255 g/mol. The van der Waals surface area contributed by atoms with Crippen LogP contribution in [-0.2, 0) is 9.53 Å². The Hall–Kier alpha value is -0.610. The molecule has 0 aromatic heterocycles. The SMILES string of the molecule is CCO[C@@H]1C[C@](O)(CNC(=O)C2CCC2)C1(C)C. The van der Waals surface area contributed by atoms with Crippen molar-refractivity contribution in [1.82, 2.24) is 5.32 Å². The number of carbonyl (C=O) groups excluding carboxylic acids is 1. The first-order valence-electron chi connectivity index (χ1n) is 7.02. The number of aliphatic hydroxyl groups is 1. The van der Waals surface area contributed by atoms with E-state index in [1.807, 2.05) is 20.8 Å². The van der Waals surface area contributed by atoms with E-state index in [4.69, 9.17) is 4.74 Å². The van der Waals surface area contributed by atoms with E-state index in [-0.39, 0.29) is 23.3 Å². The van der Waals surface area contributed by atoms with Crippen LogP contribution >= 0.6 is 0 Å². The molecule has 0 heterocycles. The lowest BCUT2D eigenvalue weighted by atomic mass is 9.56. The average Bonchev–Trinajstić information content (AvgIpc) is 2.23. The number of amides is 1. The van der Waals surface area contributed by atoms with Crippen molar-refractivity contribution >= 4 is 5.91 Å². The molecule has 0 saturated heterocycles. The summed E-state index contributed by atoms with van der Waals surface area (Å²) in [6.45, 7) is 6.99. The highest BCUT2D eigenvalue weighted by molar-refractivity contribution is 5.79. The molecule has 4 nitrogen and oxygen atoms in total. The van der Waals surface area contributed by atoms with Crippen LogP contribution in [0.15, 0.2) is 0 Å². The van der Waals surface area contributed by atoms with Gasteiger partial charge in [0.15, 0.2) is 0 Å². The van der Waals surface area contributed by atoms with E-state index in [1.54, 1.807) is 0 Å². The summed E-state index contributed by atoms with van der Waals surface area (Å²) in [5, 5.41) is 13.5. The molecule has 0 aromatic rings. The molecule has 1 amide bonds. The van der Waals surface area contributed by atoms with E-state index in [0.717, 1.165) is 19.3 Å². The van der Waals surface area contributed by atoms with Crippen molar-refractivity contribution in [2.24, 2.45) is 11.3 Å². The molecule has 4 heteroatoms. The van der Waals surface area contributed by atoms with Gasteiger partial charge in [-0.25, -0.2) is 0 Å². The third-order valence-corrected chi connectivity index (χ3v) is 4.93. The van der Waals surface area contributed by atoms with Crippen LogP contribution in [0.3, 0.4) is 0 Å². The molecule has 0 spiro atoms. The third kappa shape index (κ3) is 2.16. The van der Waals surface area contributed by atoms with Crippen LogP contribution in [0.2, 0.25) is 0 Å². The summed E-state index contributed by atoms with van der Waals surface area (Å²) in [6, 6.07) is 0. The minimum absolute atomic E-state index is 0.0908. The van der Waals surface area contributed by atoms with Crippen LogP contribution in [0.5, 0.6) is 0 Å². The lowest BCUT2D eigenvalue weighted by Crippen LogP contribution is -2.69. The van der Waals surface area contributed by atoms with Gasteiger partial charge in [-0.15, -0.1) is 0 Å². The number of carbonyl (C=O) groups is 1. The van der Waals surface area contributed by atoms with Gasteiger partial charge in [-0.1, -0.05) is 20.3 Å². The predicted octanol–water partition coefficient (Wildman–Crippen LogP) is 1.47. The summed E-state index contributed by atoms with van der Waals surface area (Å²) in [4.78, 5) is 11.8. The van der Waals surface area contributed by atoms with E-state index in [0.29, 0.717) is 19.6 Å². The lowest BCUT2D eigenvalue weighted by Gasteiger charge is -2.58. The summed E-state index contributed by atoms with van der Waals surface area (Å²) in [5.41, 5.74) is -1.12. The highest BCUT2D eigenvalue weighted by Gasteiger charge is 2.60. The Morgan fingerprint density at radius 3 is 2.56 bits per heavy atom. The number of ether oxygens (including phenoxy) is 1. The molecule has 0 unspecified atom stereocenters. The second-order valence-corrected chi connectivity index (χ2v) is 6.25. The summed E-state index contributed by atoms with van der Waals surface area (Å²) in [7, 11) is 0. The van der Waals surface area contributed by atoms with Crippen LogP contribution in [-0.4, -0.2) is 35.9 Å². The highest BCUT2D eigenvalue weighted by Crippen LogP contribution is 2.51. The van der Waals surface area contributed by atoms with E-state index < -0.39 is 5.60 Å². The molecular weight excluding hydrogens is 230 g/mol. The van der Waals surface area contributed by atoms with Crippen molar-refractivity contribution in [2.75, 3.05) is 13.2 Å². The van der Waals surface area contributed by atoms with Crippen LogP contribution in [0.1, 0.15) is 46.5 Å². The maximum absolute atomic E-state index is 11.8. The molecule has 2 aliphatic carbocycles. The smallest absolute Gasteiger partial charge is 0.223 e. The summed E-state index contributed by atoms with van der Waals surface area (Å²) >= 11 is 0. The normalized spacial score (nSPS) is 34.6. The second-order valence-electron chi connectivity index (χ2n) is 6.25. The second kappa shape index (κ2) is 4.82. The van der Waals surface area contributed by atoms with Crippen LogP contribution < -0.4 is 5.32 Å². The molecule has 2 N–H and O–H groups in total. The topological polar surface area (TPSA) is 58.6 Å². The number of nitrogens with one attached hydrogen (secondary N) is 1. The molecule has 104 valence electrons. The van der Waals surface area contributed by atoms with Crippen molar-refractivity contribution in [2.45, 2.75) is 58.2 Å². The number of hydrogen-bond donors (Lipinski definition) is 2. The van der Waals surface area contributed by atoms with Gasteiger partial charge < -0.3 is 15.2 Å². The molecule has 0 aromatic carbocycles.